The summed E-state index contributed by atoms with van der Waals surface area (Å²) in [4.78, 5) is 49.2. The zero-order valence-electron chi connectivity index (χ0n) is 15.5. The van der Waals surface area contributed by atoms with Gasteiger partial charge in [0.15, 0.2) is 0 Å². The van der Waals surface area contributed by atoms with Gasteiger partial charge in [-0.1, -0.05) is 28.1 Å². The number of nitrogens with one attached hydrogen (secondary N) is 1. The highest BCUT2D eigenvalue weighted by molar-refractivity contribution is 9.10. The van der Waals surface area contributed by atoms with Gasteiger partial charge in [-0.2, -0.15) is 0 Å². The number of nitro groups is 1. The Labute approximate surface area is 177 Å². The predicted octanol–water partition coefficient (Wildman–Crippen LogP) is 3.43. The lowest BCUT2D eigenvalue weighted by molar-refractivity contribution is -0.385. The van der Waals surface area contributed by atoms with Gasteiger partial charge < -0.3 is 9.73 Å². The van der Waals surface area contributed by atoms with Crippen LogP contribution in [0.15, 0.2) is 62.2 Å². The molecule has 1 aliphatic rings. The fourth-order valence-corrected chi connectivity index (χ4v) is 3.81. The van der Waals surface area contributed by atoms with Crippen molar-refractivity contribution in [2.75, 3.05) is 0 Å². The minimum atomic E-state index is -1.47. The third-order valence-electron chi connectivity index (χ3n) is 5.03. The zero-order valence-corrected chi connectivity index (χ0v) is 17.1. The Kier molecular flexibility index (Phi) is 4.65. The molecule has 4 rings (SSSR count). The van der Waals surface area contributed by atoms with E-state index in [0.29, 0.717) is 26.6 Å². The lowest BCUT2D eigenvalue weighted by Gasteiger charge is -2.22. The number of carbonyl (C=O) groups excluding carboxylic acids is 2. The zero-order chi connectivity index (χ0) is 21.6. The molecule has 9 nitrogen and oxygen atoms in total. The van der Waals surface area contributed by atoms with Crippen LogP contribution in [0.3, 0.4) is 0 Å². The van der Waals surface area contributed by atoms with E-state index in [0.717, 1.165) is 4.90 Å². The molecular weight excluding hydrogens is 458 g/mol. The maximum Gasteiger partial charge on any atom is 0.336 e. The van der Waals surface area contributed by atoms with Crippen LogP contribution in [0.1, 0.15) is 18.1 Å². The topological polar surface area (TPSA) is 123 Å². The molecule has 10 heteroatoms. The molecule has 2 aromatic carbocycles. The second kappa shape index (κ2) is 7.06. The Morgan fingerprint density at radius 2 is 1.93 bits per heavy atom. The number of halogens is 1. The molecule has 0 saturated carbocycles. The number of imide groups is 1. The summed E-state index contributed by atoms with van der Waals surface area (Å²) in [6.45, 7) is 1.33. The highest BCUT2D eigenvalue weighted by Crippen LogP contribution is 2.32. The van der Waals surface area contributed by atoms with E-state index in [1.54, 1.807) is 24.3 Å². The van der Waals surface area contributed by atoms with Crippen molar-refractivity contribution >= 4 is 44.5 Å². The van der Waals surface area contributed by atoms with Crippen molar-refractivity contribution in [3.63, 3.8) is 0 Å². The maximum absolute atomic E-state index is 13.2. The first-order chi connectivity index (χ1) is 14.2. The number of nitrogens with zero attached hydrogens (tertiary/aromatic N) is 2. The van der Waals surface area contributed by atoms with Crippen LogP contribution in [-0.4, -0.2) is 21.8 Å². The molecule has 1 unspecified atom stereocenters. The number of urea groups is 1. The van der Waals surface area contributed by atoms with Crippen LogP contribution in [0, 0.1) is 10.1 Å². The average Bonchev–Trinajstić information content (AvgIpc) is 2.91. The lowest BCUT2D eigenvalue weighted by Crippen LogP contribution is -2.40. The van der Waals surface area contributed by atoms with Crippen LogP contribution in [0.2, 0.25) is 0 Å². The van der Waals surface area contributed by atoms with Crippen LogP contribution in [0.25, 0.3) is 11.0 Å². The van der Waals surface area contributed by atoms with E-state index in [2.05, 4.69) is 21.2 Å². The van der Waals surface area contributed by atoms with Crippen molar-refractivity contribution in [3.05, 3.63) is 84.7 Å². The summed E-state index contributed by atoms with van der Waals surface area (Å²) in [5, 5.41) is 14.3. The molecule has 1 fully saturated rings. The van der Waals surface area contributed by atoms with E-state index in [-0.39, 0.29) is 12.2 Å². The van der Waals surface area contributed by atoms with Crippen LogP contribution in [0.4, 0.5) is 10.5 Å². The quantitative estimate of drug-likeness (QED) is 0.269. The Morgan fingerprint density at radius 3 is 2.67 bits per heavy atom. The molecule has 0 aliphatic carbocycles. The standard InChI is InChI=1S/C20H14BrN3O6/c1-20(12-3-2-4-14(8-12)24(28)29)18(26)23(19(27)22-20)10-11-7-17(25)30-16-9-13(21)5-6-15(11)16/h2-9H,10H2,1H3,(H,22,27). The minimum Gasteiger partial charge on any atom is -0.423 e. The molecule has 3 amide bonds. The van der Waals surface area contributed by atoms with Gasteiger partial charge in [-0.05, 0) is 36.2 Å². The molecule has 152 valence electrons. The monoisotopic (exact) mass is 471 g/mol. The number of benzene rings is 2. The number of rotatable bonds is 4. The molecule has 0 bridgehead atoms. The molecule has 0 radical (unpaired) electrons. The van der Waals surface area contributed by atoms with Gasteiger partial charge in [0.1, 0.15) is 11.1 Å². The van der Waals surface area contributed by atoms with Gasteiger partial charge in [0.05, 0.1) is 11.5 Å². The normalized spacial score (nSPS) is 18.7. The smallest absolute Gasteiger partial charge is 0.336 e. The van der Waals surface area contributed by atoms with Gasteiger partial charge in [-0.3, -0.25) is 19.8 Å². The van der Waals surface area contributed by atoms with E-state index in [1.807, 2.05) is 0 Å². The highest BCUT2D eigenvalue weighted by Gasteiger charge is 2.49. The van der Waals surface area contributed by atoms with E-state index >= 15 is 0 Å². The predicted molar refractivity (Wildman–Crippen MR) is 110 cm³/mol. The third-order valence-corrected chi connectivity index (χ3v) is 5.52. The number of carbonyl (C=O) groups is 2. The lowest BCUT2D eigenvalue weighted by atomic mass is 9.91. The van der Waals surface area contributed by atoms with E-state index < -0.39 is 28.0 Å². The van der Waals surface area contributed by atoms with Crippen molar-refractivity contribution in [3.8, 4) is 0 Å². The Hall–Kier alpha value is -3.53. The van der Waals surface area contributed by atoms with Crippen LogP contribution < -0.4 is 10.9 Å². The summed E-state index contributed by atoms with van der Waals surface area (Å²) in [5.41, 5.74) is -1.21. The number of hydrogen-bond acceptors (Lipinski definition) is 6. The molecule has 2 heterocycles. The minimum absolute atomic E-state index is 0.154. The van der Waals surface area contributed by atoms with Gasteiger partial charge in [-0.25, -0.2) is 9.59 Å². The van der Waals surface area contributed by atoms with E-state index in [9.17, 15) is 24.5 Å². The fourth-order valence-electron chi connectivity index (χ4n) is 3.47. The van der Waals surface area contributed by atoms with E-state index in [1.165, 1.54) is 31.2 Å². The molecular formula is C20H14BrN3O6. The van der Waals surface area contributed by atoms with Crippen molar-refractivity contribution in [2.45, 2.75) is 19.0 Å². The maximum atomic E-state index is 13.2. The first-order valence-corrected chi connectivity index (χ1v) is 9.60. The number of fused-ring (bicyclic) bond motifs is 1. The van der Waals surface area contributed by atoms with Gasteiger partial charge in [-0.15, -0.1) is 0 Å². The number of nitro benzene ring substituents is 1. The molecule has 1 aromatic heterocycles. The average molecular weight is 472 g/mol. The van der Waals surface area contributed by atoms with Gasteiger partial charge in [0.2, 0.25) is 0 Å². The number of amides is 3. The summed E-state index contributed by atoms with van der Waals surface area (Å²) in [6, 6.07) is 11.2. The van der Waals surface area contributed by atoms with Gasteiger partial charge in [0, 0.05) is 28.1 Å². The molecule has 1 aliphatic heterocycles. The van der Waals surface area contributed by atoms with Gasteiger partial charge >= 0.3 is 11.7 Å². The van der Waals surface area contributed by atoms with Crippen LogP contribution in [-0.2, 0) is 16.9 Å². The largest absolute Gasteiger partial charge is 0.423 e. The number of hydrogen-bond donors (Lipinski definition) is 1. The first-order valence-electron chi connectivity index (χ1n) is 8.80. The third kappa shape index (κ3) is 3.24. The SMILES string of the molecule is CC1(c2cccc([N+](=O)[O-])c2)NC(=O)N(Cc2cc(=O)oc3cc(Br)ccc23)C1=O. The molecule has 3 aromatic rings. The second-order valence-corrected chi connectivity index (χ2v) is 7.90. The summed E-state index contributed by atoms with van der Waals surface area (Å²) in [7, 11) is 0. The molecule has 1 saturated heterocycles. The van der Waals surface area contributed by atoms with E-state index in [4.69, 9.17) is 4.42 Å². The summed E-state index contributed by atoms with van der Waals surface area (Å²) in [5.74, 6) is -0.577. The van der Waals surface area contributed by atoms with Crippen LogP contribution in [0.5, 0.6) is 0 Å². The highest BCUT2D eigenvalue weighted by atomic mass is 79.9. The van der Waals surface area contributed by atoms with Crippen molar-refractivity contribution in [1.82, 2.24) is 10.2 Å². The van der Waals surface area contributed by atoms with Crippen molar-refractivity contribution in [2.24, 2.45) is 0 Å². The summed E-state index contributed by atoms with van der Waals surface area (Å²) >= 11 is 3.31. The second-order valence-electron chi connectivity index (χ2n) is 6.99. The van der Waals surface area contributed by atoms with Crippen molar-refractivity contribution < 1.29 is 18.9 Å². The van der Waals surface area contributed by atoms with Crippen molar-refractivity contribution in [1.29, 1.82) is 0 Å². The number of non-ortho nitro benzene ring substituents is 1. The summed E-state index contributed by atoms with van der Waals surface area (Å²) < 4.78 is 5.91. The molecule has 0 spiro atoms. The molecule has 1 atom stereocenters. The Morgan fingerprint density at radius 1 is 1.17 bits per heavy atom. The first kappa shape index (κ1) is 19.8. The summed E-state index contributed by atoms with van der Waals surface area (Å²) in [6.07, 6.45) is 0. The van der Waals surface area contributed by atoms with Crippen LogP contribution >= 0.6 is 15.9 Å². The van der Waals surface area contributed by atoms with Gasteiger partial charge in [0.25, 0.3) is 11.6 Å². The Balaban J connectivity index is 1.72. The molecule has 1 N–H and O–H groups in total. The molecule has 30 heavy (non-hydrogen) atoms. The Bertz CT molecular complexity index is 1290. The fraction of sp³-hybridized carbons (Fsp3) is 0.150.